The van der Waals surface area contributed by atoms with E-state index < -0.39 is 17.7 Å². The van der Waals surface area contributed by atoms with E-state index in [1.807, 2.05) is 41.3 Å². The number of aromatic amines is 2. The molecule has 4 N–H and O–H groups in total. The van der Waals surface area contributed by atoms with Crippen molar-refractivity contribution in [2.75, 3.05) is 25.5 Å². The number of hydrogen-bond donors (Lipinski definition) is 4. The van der Waals surface area contributed by atoms with Crippen molar-refractivity contribution in [1.82, 2.24) is 19.4 Å². The fraction of sp³-hybridized carbons (Fsp3) is 0.387. The zero-order valence-corrected chi connectivity index (χ0v) is 23.8. The Morgan fingerprint density at radius 2 is 1.88 bits per heavy atom. The first kappa shape index (κ1) is 28.2. The lowest BCUT2D eigenvalue weighted by molar-refractivity contribution is -0.144. The number of methoxy groups -OCH3 is 1. The highest BCUT2D eigenvalue weighted by atomic mass is 16.5. The molecule has 0 fully saturated rings. The number of H-pyrrole nitrogens is 2. The Balaban J connectivity index is 1.18. The zero-order valence-electron chi connectivity index (χ0n) is 23.8. The van der Waals surface area contributed by atoms with Crippen LogP contribution in [0.15, 0.2) is 52.1 Å². The van der Waals surface area contributed by atoms with Crippen LogP contribution in [0.4, 0.5) is 11.5 Å². The van der Waals surface area contributed by atoms with Gasteiger partial charge in [0, 0.05) is 41.4 Å². The number of unbranched alkanes of at least 4 members (excludes halogenated alkanes) is 2. The average Bonchev–Trinajstić information content (AvgIpc) is 3.32. The summed E-state index contributed by atoms with van der Waals surface area (Å²) in [6.45, 7) is 5.69. The summed E-state index contributed by atoms with van der Waals surface area (Å²) in [7, 11) is 1.62. The third-order valence-corrected chi connectivity index (χ3v) is 8.02. The van der Waals surface area contributed by atoms with Crippen molar-refractivity contribution in [2.24, 2.45) is 0 Å². The van der Waals surface area contributed by atoms with Crippen LogP contribution in [0.1, 0.15) is 54.6 Å². The number of ether oxygens (including phenoxy) is 1. The number of aliphatic carboxylic acids is 1. The number of anilines is 2. The molecule has 10 nitrogen and oxygen atoms in total. The summed E-state index contributed by atoms with van der Waals surface area (Å²) in [5.41, 5.74) is 5.08. The minimum Gasteiger partial charge on any atom is -0.497 e. The maximum Gasteiger partial charge on any atom is 0.329 e. The number of carboxylic acids is 1. The van der Waals surface area contributed by atoms with Crippen molar-refractivity contribution >= 4 is 28.4 Å². The van der Waals surface area contributed by atoms with Gasteiger partial charge < -0.3 is 20.1 Å². The molecule has 0 bridgehead atoms. The number of nitrogens with one attached hydrogen (secondary N) is 3. The Bertz CT molecular complexity index is 1650. The van der Waals surface area contributed by atoms with Crippen molar-refractivity contribution in [3.8, 4) is 5.75 Å². The Kier molecular flexibility index (Phi) is 8.30. The van der Waals surface area contributed by atoms with Crippen LogP contribution >= 0.6 is 0 Å². The fourth-order valence-electron chi connectivity index (χ4n) is 5.81. The second kappa shape index (κ2) is 12.1. The number of aromatic nitrogens is 3. The lowest BCUT2D eigenvalue weighted by Gasteiger charge is -2.33. The zero-order chi connectivity index (χ0) is 29.1. The summed E-state index contributed by atoms with van der Waals surface area (Å²) in [6.07, 6.45) is 3.80. The molecule has 1 aliphatic rings. The average molecular weight is 560 g/mol. The minimum atomic E-state index is -0.882. The lowest BCUT2D eigenvalue weighted by atomic mass is 9.97. The first-order chi connectivity index (χ1) is 19.8. The molecule has 0 saturated heterocycles. The van der Waals surface area contributed by atoms with Crippen molar-refractivity contribution in [2.45, 2.75) is 58.5 Å². The standard InChI is InChI=1S/C31H37N5O5/c1-4-20-16-21(9-8-19(20)2)32-26-18-27(37)36(31(40)34-26)14-7-5-6-13-35-15-12-23-24-17-22(41-3)10-11-25(24)33-28(23)29(35)30(38)39/h8-11,16-18,29,32-33H,4-7,12-15H2,1-3H3,(H,34,40)(H,38,39). The molecular weight excluding hydrogens is 522 g/mol. The number of fused-ring (bicyclic) bond motifs is 3. The van der Waals surface area contributed by atoms with Gasteiger partial charge in [-0.1, -0.05) is 19.4 Å². The van der Waals surface area contributed by atoms with Gasteiger partial charge in [0.2, 0.25) is 0 Å². The summed E-state index contributed by atoms with van der Waals surface area (Å²) in [6, 6.07) is 12.4. The molecule has 0 spiro atoms. The van der Waals surface area contributed by atoms with E-state index in [4.69, 9.17) is 4.74 Å². The van der Waals surface area contributed by atoms with Crippen LogP contribution in [0.2, 0.25) is 0 Å². The normalized spacial score (nSPS) is 15.1. The molecule has 3 heterocycles. The molecule has 0 radical (unpaired) electrons. The van der Waals surface area contributed by atoms with Crippen LogP contribution < -0.4 is 21.3 Å². The predicted molar refractivity (Wildman–Crippen MR) is 160 cm³/mol. The Morgan fingerprint density at radius 3 is 2.61 bits per heavy atom. The Hall–Kier alpha value is -4.31. The van der Waals surface area contributed by atoms with Gasteiger partial charge in [-0.25, -0.2) is 4.79 Å². The maximum atomic E-state index is 12.7. The summed E-state index contributed by atoms with van der Waals surface area (Å²) < 4.78 is 6.57. The number of rotatable bonds is 11. The van der Waals surface area contributed by atoms with Gasteiger partial charge in [-0.2, -0.15) is 0 Å². The van der Waals surface area contributed by atoms with Crippen LogP contribution in [0, 0.1) is 6.92 Å². The molecule has 1 unspecified atom stereocenters. The monoisotopic (exact) mass is 559 g/mol. The first-order valence-corrected chi connectivity index (χ1v) is 14.1. The Labute approximate surface area is 238 Å². The third-order valence-electron chi connectivity index (χ3n) is 8.02. The highest BCUT2D eigenvalue weighted by Crippen LogP contribution is 2.36. The highest BCUT2D eigenvalue weighted by molar-refractivity contribution is 5.89. The molecule has 216 valence electrons. The number of hydrogen-bond acceptors (Lipinski definition) is 6. The van der Waals surface area contributed by atoms with Gasteiger partial charge >= 0.3 is 11.7 Å². The summed E-state index contributed by atoms with van der Waals surface area (Å²) in [5, 5.41) is 14.2. The molecular formula is C31H37N5O5. The van der Waals surface area contributed by atoms with Crippen molar-refractivity contribution in [3.63, 3.8) is 0 Å². The third kappa shape index (κ3) is 5.92. The van der Waals surface area contributed by atoms with Gasteiger partial charge in [0.25, 0.3) is 5.56 Å². The summed E-state index contributed by atoms with van der Waals surface area (Å²) in [5.74, 6) is 0.226. The van der Waals surface area contributed by atoms with E-state index in [-0.39, 0.29) is 5.56 Å². The van der Waals surface area contributed by atoms with Crippen LogP contribution in [-0.2, 0) is 24.2 Å². The molecule has 2 aromatic heterocycles. The number of nitrogens with zero attached hydrogens (tertiary/aromatic N) is 2. The quantitative estimate of drug-likeness (QED) is 0.199. The van der Waals surface area contributed by atoms with Crippen LogP contribution in [0.25, 0.3) is 10.9 Å². The van der Waals surface area contributed by atoms with Crippen LogP contribution in [0.3, 0.4) is 0 Å². The van der Waals surface area contributed by atoms with E-state index in [1.54, 1.807) is 7.11 Å². The van der Waals surface area contributed by atoms with Crippen molar-refractivity contribution < 1.29 is 14.6 Å². The number of carboxylic acid groups (broad SMARTS) is 1. The van der Waals surface area contributed by atoms with E-state index >= 15 is 0 Å². The number of aryl methyl sites for hydroxylation is 2. The maximum absolute atomic E-state index is 12.7. The van der Waals surface area contributed by atoms with Crippen molar-refractivity contribution in [3.05, 3.63) is 85.7 Å². The number of benzene rings is 2. The molecule has 5 rings (SSSR count). The van der Waals surface area contributed by atoms with Gasteiger partial charge in [0.05, 0.1) is 7.11 Å². The highest BCUT2D eigenvalue weighted by Gasteiger charge is 2.35. The van der Waals surface area contributed by atoms with Gasteiger partial charge in [-0.05, 0) is 86.2 Å². The Morgan fingerprint density at radius 1 is 1.07 bits per heavy atom. The summed E-state index contributed by atoms with van der Waals surface area (Å²) in [4.78, 5) is 45.8. The van der Waals surface area contributed by atoms with E-state index in [0.29, 0.717) is 31.9 Å². The van der Waals surface area contributed by atoms with Crippen LogP contribution in [0.5, 0.6) is 5.75 Å². The SMILES string of the molecule is CCc1cc(Nc2cc(=O)n(CCCCCN3CCc4c([nH]c5ccc(OC)cc45)C3C(=O)O)c(=O)[nH]2)ccc1C. The van der Waals surface area contributed by atoms with Crippen molar-refractivity contribution in [1.29, 1.82) is 0 Å². The lowest BCUT2D eigenvalue weighted by Crippen LogP contribution is -2.40. The van der Waals surface area contributed by atoms with E-state index in [9.17, 15) is 19.5 Å². The first-order valence-electron chi connectivity index (χ1n) is 14.1. The molecule has 0 saturated carbocycles. The van der Waals surface area contributed by atoms with Crippen LogP contribution in [-0.4, -0.2) is 50.7 Å². The van der Waals surface area contributed by atoms with E-state index in [1.165, 1.54) is 21.8 Å². The fourth-order valence-corrected chi connectivity index (χ4v) is 5.81. The second-order valence-corrected chi connectivity index (χ2v) is 10.6. The molecule has 41 heavy (non-hydrogen) atoms. The van der Waals surface area contributed by atoms with Gasteiger partial charge in [0.15, 0.2) is 0 Å². The molecule has 1 aliphatic heterocycles. The topological polar surface area (TPSA) is 132 Å². The summed E-state index contributed by atoms with van der Waals surface area (Å²) >= 11 is 0. The van der Waals surface area contributed by atoms with Gasteiger partial charge in [-0.15, -0.1) is 0 Å². The minimum absolute atomic E-state index is 0.301. The molecule has 2 aromatic carbocycles. The number of carbonyl (C=O) groups is 1. The van der Waals surface area contributed by atoms with Gasteiger partial charge in [-0.3, -0.25) is 24.0 Å². The molecule has 1 atom stereocenters. The smallest absolute Gasteiger partial charge is 0.329 e. The second-order valence-electron chi connectivity index (χ2n) is 10.6. The van der Waals surface area contributed by atoms with E-state index in [2.05, 4.69) is 29.1 Å². The predicted octanol–water partition coefficient (Wildman–Crippen LogP) is 4.50. The molecule has 10 heteroatoms. The molecule has 0 amide bonds. The van der Waals surface area contributed by atoms with E-state index in [0.717, 1.165) is 59.3 Å². The molecule has 0 aliphatic carbocycles. The molecule has 4 aromatic rings. The van der Waals surface area contributed by atoms with Gasteiger partial charge in [0.1, 0.15) is 17.6 Å². The largest absolute Gasteiger partial charge is 0.497 e.